The standard InChI is InChI=1S/C6H12N2O4/c7-4(1-2-5(9)10)3-8-6(11)12/h4,8H,1-3,7H2,(H,9,10)(H,11,12)/t4-/m0/s1. The van der Waals surface area contributed by atoms with E-state index in [-0.39, 0.29) is 19.4 Å². The summed E-state index contributed by atoms with van der Waals surface area (Å²) in [6.45, 7) is 0.0859. The number of aliphatic carboxylic acids is 1. The highest BCUT2D eigenvalue weighted by atomic mass is 16.4. The molecule has 0 aliphatic carbocycles. The van der Waals surface area contributed by atoms with Crippen LogP contribution >= 0.6 is 0 Å². The molecule has 0 heterocycles. The van der Waals surface area contributed by atoms with Crippen molar-refractivity contribution in [2.45, 2.75) is 18.9 Å². The van der Waals surface area contributed by atoms with Gasteiger partial charge >= 0.3 is 12.1 Å². The van der Waals surface area contributed by atoms with Crippen molar-refractivity contribution in [1.82, 2.24) is 5.32 Å². The first-order valence-corrected chi connectivity index (χ1v) is 3.46. The molecule has 0 aliphatic heterocycles. The van der Waals surface area contributed by atoms with Crippen LogP contribution in [0, 0.1) is 0 Å². The third-order valence-corrected chi connectivity index (χ3v) is 1.24. The minimum Gasteiger partial charge on any atom is -0.481 e. The molecule has 0 bridgehead atoms. The van der Waals surface area contributed by atoms with Gasteiger partial charge < -0.3 is 21.3 Å². The Hall–Kier alpha value is -1.30. The van der Waals surface area contributed by atoms with Gasteiger partial charge in [-0.05, 0) is 6.42 Å². The summed E-state index contributed by atoms with van der Waals surface area (Å²) in [6.07, 6.45) is -0.918. The zero-order valence-corrected chi connectivity index (χ0v) is 6.49. The minimum absolute atomic E-state index is 0.0392. The molecule has 0 radical (unpaired) electrons. The van der Waals surface area contributed by atoms with Crippen LogP contribution in [0.4, 0.5) is 4.79 Å². The van der Waals surface area contributed by atoms with Gasteiger partial charge in [-0.2, -0.15) is 0 Å². The van der Waals surface area contributed by atoms with Gasteiger partial charge in [-0.15, -0.1) is 0 Å². The zero-order valence-electron chi connectivity index (χ0n) is 6.49. The Morgan fingerprint density at radius 3 is 2.42 bits per heavy atom. The second-order valence-corrected chi connectivity index (χ2v) is 2.38. The molecule has 0 unspecified atom stereocenters. The van der Waals surface area contributed by atoms with Crippen molar-refractivity contribution in [2.24, 2.45) is 5.73 Å². The lowest BCUT2D eigenvalue weighted by molar-refractivity contribution is -0.137. The van der Waals surface area contributed by atoms with E-state index in [2.05, 4.69) is 5.32 Å². The number of carboxylic acids is 1. The van der Waals surface area contributed by atoms with Crippen molar-refractivity contribution in [1.29, 1.82) is 0 Å². The molecule has 6 heteroatoms. The summed E-state index contributed by atoms with van der Waals surface area (Å²) >= 11 is 0. The van der Waals surface area contributed by atoms with Gasteiger partial charge in [-0.1, -0.05) is 0 Å². The first-order valence-electron chi connectivity index (χ1n) is 3.46. The molecule has 0 saturated heterocycles. The lowest BCUT2D eigenvalue weighted by Crippen LogP contribution is -2.36. The van der Waals surface area contributed by atoms with E-state index < -0.39 is 18.1 Å². The molecule has 0 fully saturated rings. The lowest BCUT2D eigenvalue weighted by Gasteiger charge is -2.08. The highest BCUT2D eigenvalue weighted by Crippen LogP contribution is 1.92. The van der Waals surface area contributed by atoms with Crippen LogP contribution < -0.4 is 11.1 Å². The molecule has 70 valence electrons. The predicted octanol–water partition coefficient (Wildman–Crippen LogP) is -0.554. The number of hydrogen-bond acceptors (Lipinski definition) is 3. The molecule has 12 heavy (non-hydrogen) atoms. The van der Waals surface area contributed by atoms with Gasteiger partial charge in [-0.3, -0.25) is 4.79 Å². The Labute approximate surface area is 69.4 Å². The average molecular weight is 176 g/mol. The summed E-state index contributed by atoms with van der Waals surface area (Å²) < 4.78 is 0. The molecule has 0 rings (SSSR count). The normalized spacial score (nSPS) is 12.1. The van der Waals surface area contributed by atoms with Crippen molar-refractivity contribution >= 4 is 12.1 Å². The van der Waals surface area contributed by atoms with Crippen LogP contribution in [0.2, 0.25) is 0 Å². The van der Waals surface area contributed by atoms with Crippen molar-refractivity contribution in [3.05, 3.63) is 0 Å². The van der Waals surface area contributed by atoms with Crippen molar-refractivity contribution in [3.63, 3.8) is 0 Å². The van der Waals surface area contributed by atoms with E-state index >= 15 is 0 Å². The zero-order chi connectivity index (χ0) is 9.56. The number of nitrogens with one attached hydrogen (secondary N) is 1. The monoisotopic (exact) mass is 176 g/mol. The van der Waals surface area contributed by atoms with Crippen LogP contribution in [0.1, 0.15) is 12.8 Å². The molecular weight excluding hydrogens is 164 g/mol. The first kappa shape index (κ1) is 10.7. The number of rotatable bonds is 5. The van der Waals surface area contributed by atoms with Gasteiger partial charge in [0.2, 0.25) is 0 Å². The van der Waals surface area contributed by atoms with E-state index in [4.69, 9.17) is 15.9 Å². The maximum absolute atomic E-state index is 10.0. The average Bonchev–Trinajstić information content (AvgIpc) is 1.96. The first-order chi connectivity index (χ1) is 5.52. The maximum atomic E-state index is 10.0. The van der Waals surface area contributed by atoms with E-state index in [1.165, 1.54) is 0 Å². The molecule has 0 aliphatic rings. The molecule has 5 N–H and O–H groups in total. The molecule has 1 atom stereocenters. The Morgan fingerprint density at radius 1 is 1.42 bits per heavy atom. The van der Waals surface area contributed by atoms with Crippen LogP contribution in [0.25, 0.3) is 0 Å². The summed E-state index contributed by atoms with van der Waals surface area (Å²) in [4.78, 5) is 20.0. The molecular formula is C6H12N2O4. The number of amides is 1. The summed E-state index contributed by atoms with van der Waals surface area (Å²) in [7, 11) is 0. The van der Waals surface area contributed by atoms with Crippen molar-refractivity contribution in [3.8, 4) is 0 Å². The Morgan fingerprint density at radius 2 is 2.00 bits per heavy atom. The Balaban J connectivity index is 3.39. The van der Waals surface area contributed by atoms with Crippen molar-refractivity contribution in [2.75, 3.05) is 6.54 Å². The largest absolute Gasteiger partial charge is 0.481 e. The fourth-order valence-electron chi connectivity index (χ4n) is 0.629. The fraction of sp³-hybridized carbons (Fsp3) is 0.667. The van der Waals surface area contributed by atoms with Gasteiger partial charge in [0.05, 0.1) is 0 Å². The second-order valence-electron chi connectivity index (χ2n) is 2.38. The number of carbonyl (C=O) groups is 2. The van der Waals surface area contributed by atoms with Crippen LogP contribution in [-0.4, -0.2) is 34.9 Å². The molecule has 1 amide bonds. The molecule has 0 aromatic heterocycles. The van der Waals surface area contributed by atoms with Gasteiger partial charge in [0.25, 0.3) is 0 Å². The summed E-state index contributed by atoms with van der Waals surface area (Å²) in [5, 5.41) is 18.5. The number of nitrogens with two attached hydrogens (primary N) is 1. The molecule has 0 saturated carbocycles. The van der Waals surface area contributed by atoms with E-state index in [9.17, 15) is 9.59 Å². The maximum Gasteiger partial charge on any atom is 0.404 e. The molecule has 0 aromatic rings. The van der Waals surface area contributed by atoms with Crippen LogP contribution in [-0.2, 0) is 4.79 Å². The number of carboxylic acid groups (broad SMARTS) is 2. The van der Waals surface area contributed by atoms with Crippen LogP contribution in [0.5, 0.6) is 0 Å². The Kier molecular flexibility index (Phi) is 4.78. The lowest BCUT2D eigenvalue weighted by atomic mass is 10.2. The van der Waals surface area contributed by atoms with E-state index in [1.807, 2.05) is 0 Å². The molecule has 6 nitrogen and oxygen atoms in total. The van der Waals surface area contributed by atoms with E-state index in [0.717, 1.165) is 0 Å². The third-order valence-electron chi connectivity index (χ3n) is 1.24. The van der Waals surface area contributed by atoms with Gasteiger partial charge in [0.1, 0.15) is 0 Å². The summed E-state index contributed by atoms with van der Waals surface area (Å²) in [5.41, 5.74) is 5.38. The smallest absolute Gasteiger partial charge is 0.404 e. The topological polar surface area (TPSA) is 113 Å². The minimum atomic E-state index is -1.15. The van der Waals surface area contributed by atoms with Crippen LogP contribution in [0.3, 0.4) is 0 Å². The molecule has 0 spiro atoms. The van der Waals surface area contributed by atoms with Crippen LogP contribution in [0.15, 0.2) is 0 Å². The SMILES string of the molecule is N[C@@H](CCC(=O)O)CNC(=O)O. The van der Waals surface area contributed by atoms with E-state index in [1.54, 1.807) is 0 Å². The summed E-state index contributed by atoms with van der Waals surface area (Å²) in [6, 6.07) is -0.433. The Bertz CT molecular complexity index is 153. The van der Waals surface area contributed by atoms with Gasteiger partial charge in [0, 0.05) is 19.0 Å². The van der Waals surface area contributed by atoms with E-state index in [0.29, 0.717) is 0 Å². The number of hydrogen-bond donors (Lipinski definition) is 4. The molecule has 0 aromatic carbocycles. The summed E-state index contributed by atoms with van der Waals surface area (Å²) in [5.74, 6) is -0.930. The third kappa shape index (κ3) is 6.81. The predicted molar refractivity (Wildman–Crippen MR) is 40.9 cm³/mol. The van der Waals surface area contributed by atoms with Gasteiger partial charge in [-0.25, -0.2) is 4.79 Å². The van der Waals surface area contributed by atoms with Crippen molar-refractivity contribution < 1.29 is 19.8 Å². The highest BCUT2D eigenvalue weighted by Gasteiger charge is 2.06. The fourth-order valence-corrected chi connectivity index (χ4v) is 0.629. The second kappa shape index (κ2) is 5.36. The quantitative estimate of drug-likeness (QED) is 0.448. The van der Waals surface area contributed by atoms with Gasteiger partial charge in [0.15, 0.2) is 0 Å². The highest BCUT2D eigenvalue weighted by molar-refractivity contribution is 5.66.